The minimum atomic E-state index is -0.349. The van der Waals surface area contributed by atoms with E-state index in [0.29, 0.717) is 31.7 Å². The molecule has 0 spiro atoms. The molecule has 12 heavy (non-hydrogen) atoms. The zero-order chi connectivity index (χ0) is 9.40. The highest BCUT2D eigenvalue weighted by Gasteiger charge is 2.00. The lowest BCUT2D eigenvalue weighted by Crippen LogP contribution is -2.26. The molecule has 0 aromatic rings. The Balaban J connectivity index is 3.20. The van der Waals surface area contributed by atoms with Crippen molar-refractivity contribution in [3.05, 3.63) is 0 Å². The predicted molar refractivity (Wildman–Crippen MR) is 49.3 cm³/mol. The van der Waals surface area contributed by atoms with E-state index in [9.17, 15) is 4.79 Å². The molecule has 3 nitrogen and oxygen atoms in total. The van der Waals surface area contributed by atoms with Crippen molar-refractivity contribution in [3.8, 4) is 0 Å². The molecule has 1 unspecified atom stereocenters. The number of aliphatic hydroxyl groups excluding tert-OH is 1. The maximum Gasteiger partial charge on any atom is 0.220 e. The molecule has 0 aliphatic heterocycles. The van der Waals surface area contributed by atoms with Gasteiger partial charge in [-0.15, -0.1) is 11.6 Å². The molecule has 0 heterocycles. The maximum atomic E-state index is 10.9. The van der Waals surface area contributed by atoms with Crippen LogP contribution in [0.15, 0.2) is 0 Å². The molecule has 0 aliphatic rings. The molecule has 0 rings (SSSR count). The average molecular weight is 194 g/mol. The van der Waals surface area contributed by atoms with Gasteiger partial charge in [0.15, 0.2) is 0 Å². The van der Waals surface area contributed by atoms with Gasteiger partial charge in [-0.3, -0.25) is 4.79 Å². The van der Waals surface area contributed by atoms with Gasteiger partial charge >= 0.3 is 0 Å². The van der Waals surface area contributed by atoms with Gasteiger partial charge in [-0.1, -0.05) is 0 Å². The highest BCUT2D eigenvalue weighted by molar-refractivity contribution is 6.17. The summed E-state index contributed by atoms with van der Waals surface area (Å²) in [5.74, 6) is 0.528. The van der Waals surface area contributed by atoms with Crippen molar-refractivity contribution in [2.24, 2.45) is 0 Å². The number of amides is 1. The van der Waals surface area contributed by atoms with Crippen LogP contribution in [0.5, 0.6) is 0 Å². The van der Waals surface area contributed by atoms with Crippen LogP contribution in [0.1, 0.15) is 26.2 Å². The molecule has 0 aromatic carbocycles. The van der Waals surface area contributed by atoms with Crippen LogP contribution in [0.2, 0.25) is 0 Å². The SMILES string of the molecule is CC(O)CCNC(=O)CCCCl. The molecule has 0 bridgehead atoms. The van der Waals surface area contributed by atoms with Crippen molar-refractivity contribution in [1.29, 1.82) is 0 Å². The van der Waals surface area contributed by atoms with E-state index < -0.39 is 0 Å². The summed E-state index contributed by atoms with van der Waals surface area (Å²) in [4.78, 5) is 10.9. The molecule has 0 radical (unpaired) electrons. The Labute approximate surface area is 78.1 Å². The van der Waals surface area contributed by atoms with E-state index in [-0.39, 0.29) is 12.0 Å². The molecule has 2 N–H and O–H groups in total. The molecule has 0 aromatic heterocycles. The monoisotopic (exact) mass is 193 g/mol. The van der Waals surface area contributed by atoms with Crippen LogP contribution in [0.4, 0.5) is 0 Å². The van der Waals surface area contributed by atoms with Crippen LogP contribution in [0.25, 0.3) is 0 Å². The number of hydrogen-bond donors (Lipinski definition) is 2. The highest BCUT2D eigenvalue weighted by Crippen LogP contribution is 1.92. The number of hydrogen-bond acceptors (Lipinski definition) is 2. The minimum Gasteiger partial charge on any atom is -0.393 e. The zero-order valence-electron chi connectivity index (χ0n) is 7.35. The second-order valence-electron chi connectivity index (χ2n) is 2.78. The van der Waals surface area contributed by atoms with Gasteiger partial charge in [0.2, 0.25) is 5.91 Å². The molecular weight excluding hydrogens is 178 g/mol. The molecule has 0 saturated heterocycles. The topological polar surface area (TPSA) is 49.3 Å². The van der Waals surface area contributed by atoms with Gasteiger partial charge in [0.1, 0.15) is 0 Å². The molecule has 72 valence electrons. The number of carbonyl (C=O) groups is 1. The van der Waals surface area contributed by atoms with Crippen molar-refractivity contribution in [2.45, 2.75) is 32.3 Å². The van der Waals surface area contributed by atoms with E-state index in [4.69, 9.17) is 16.7 Å². The molecule has 0 saturated carbocycles. The fourth-order valence-electron chi connectivity index (χ4n) is 0.736. The lowest BCUT2D eigenvalue weighted by Gasteiger charge is -2.05. The molecule has 0 aliphatic carbocycles. The Morgan fingerprint density at radius 2 is 2.33 bits per heavy atom. The third kappa shape index (κ3) is 7.82. The predicted octanol–water partition coefficient (Wildman–Crippen LogP) is 0.892. The number of aliphatic hydroxyl groups is 1. The minimum absolute atomic E-state index is 0.0105. The van der Waals surface area contributed by atoms with Crippen LogP contribution in [0.3, 0.4) is 0 Å². The number of halogens is 1. The van der Waals surface area contributed by atoms with E-state index in [1.165, 1.54) is 0 Å². The number of rotatable bonds is 6. The van der Waals surface area contributed by atoms with Crippen LogP contribution < -0.4 is 5.32 Å². The van der Waals surface area contributed by atoms with Crippen molar-refractivity contribution in [2.75, 3.05) is 12.4 Å². The average Bonchev–Trinajstić information content (AvgIpc) is 2.00. The Morgan fingerprint density at radius 3 is 2.83 bits per heavy atom. The Bertz CT molecular complexity index is 128. The first kappa shape index (κ1) is 11.7. The van der Waals surface area contributed by atoms with Crippen molar-refractivity contribution in [3.63, 3.8) is 0 Å². The number of carbonyl (C=O) groups excluding carboxylic acids is 1. The molecular formula is C8H16ClNO2. The summed E-state index contributed by atoms with van der Waals surface area (Å²) in [5, 5.41) is 11.6. The Hall–Kier alpha value is -0.280. The Morgan fingerprint density at radius 1 is 1.67 bits per heavy atom. The van der Waals surface area contributed by atoms with Gasteiger partial charge in [-0.2, -0.15) is 0 Å². The van der Waals surface area contributed by atoms with Gasteiger partial charge in [-0.25, -0.2) is 0 Å². The summed E-state index contributed by atoms with van der Waals surface area (Å²) < 4.78 is 0. The van der Waals surface area contributed by atoms with Gasteiger partial charge in [0.25, 0.3) is 0 Å². The maximum absolute atomic E-state index is 10.9. The van der Waals surface area contributed by atoms with Gasteiger partial charge < -0.3 is 10.4 Å². The fourth-order valence-corrected chi connectivity index (χ4v) is 0.870. The third-order valence-corrected chi connectivity index (χ3v) is 1.69. The lowest BCUT2D eigenvalue weighted by atomic mass is 10.2. The van der Waals surface area contributed by atoms with Crippen molar-refractivity contribution >= 4 is 17.5 Å². The van der Waals surface area contributed by atoms with E-state index >= 15 is 0 Å². The largest absolute Gasteiger partial charge is 0.393 e. The van der Waals surface area contributed by atoms with Crippen molar-refractivity contribution in [1.82, 2.24) is 5.32 Å². The summed E-state index contributed by atoms with van der Waals surface area (Å²) in [6.45, 7) is 2.24. The fraction of sp³-hybridized carbons (Fsp3) is 0.875. The van der Waals surface area contributed by atoms with Crippen LogP contribution in [-0.4, -0.2) is 29.5 Å². The molecule has 4 heteroatoms. The quantitative estimate of drug-likeness (QED) is 0.616. The smallest absolute Gasteiger partial charge is 0.220 e. The molecule has 0 fully saturated rings. The van der Waals surface area contributed by atoms with Crippen LogP contribution >= 0.6 is 11.6 Å². The second-order valence-corrected chi connectivity index (χ2v) is 3.16. The molecule has 1 amide bonds. The van der Waals surface area contributed by atoms with E-state index in [1.54, 1.807) is 6.92 Å². The normalized spacial score (nSPS) is 12.6. The summed E-state index contributed by atoms with van der Waals surface area (Å²) >= 11 is 5.41. The first-order valence-electron chi connectivity index (χ1n) is 4.17. The standard InChI is InChI=1S/C8H16ClNO2/c1-7(11)4-6-10-8(12)3-2-5-9/h7,11H,2-6H2,1H3,(H,10,12). The Kier molecular flexibility index (Phi) is 7.20. The summed E-state index contributed by atoms with van der Waals surface area (Å²) in [6.07, 6.45) is 1.44. The van der Waals surface area contributed by atoms with Crippen LogP contribution in [0, 0.1) is 0 Å². The van der Waals surface area contributed by atoms with Crippen LogP contribution in [-0.2, 0) is 4.79 Å². The van der Waals surface area contributed by atoms with Gasteiger partial charge in [0, 0.05) is 18.8 Å². The summed E-state index contributed by atoms with van der Waals surface area (Å²) in [5.41, 5.74) is 0. The van der Waals surface area contributed by atoms with Gasteiger partial charge in [-0.05, 0) is 19.8 Å². The first-order valence-corrected chi connectivity index (χ1v) is 4.71. The van der Waals surface area contributed by atoms with E-state index in [0.717, 1.165) is 0 Å². The third-order valence-electron chi connectivity index (χ3n) is 1.42. The van der Waals surface area contributed by atoms with E-state index in [1.807, 2.05) is 0 Å². The zero-order valence-corrected chi connectivity index (χ0v) is 8.10. The highest BCUT2D eigenvalue weighted by atomic mass is 35.5. The first-order chi connectivity index (χ1) is 5.66. The summed E-state index contributed by atoms with van der Waals surface area (Å²) in [6, 6.07) is 0. The van der Waals surface area contributed by atoms with Crippen molar-refractivity contribution < 1.29 is 9.90 Å². The number of nitrogens with one attached hydrogen (secondary N) is 1. The molecule has 1 atom stereocenters. The lowest BCUT2D eigenvalue weighted by molar-refractivity contribution is -0.121. The van der Waals surface area contributed by atoms with Gasteiger partial charge in [0.05, 0.1) is 6.10 Å². The number of alkyl halides is 1. The van der Waals surface area contributed by atoms with E-state index in [2.05, 4.69) is 5.32 Å². The second kappa shape index (κ2) is 7.37. The summed E-state index contributed by atoms with van der Waals surface area (Å²) in [7, 11) is 0.